The van der Waals surface area contributed by atoms with Gasteiger partial charge in [0.2, 0.25) is 0 Å². The van der Waals surface area contributed by atoms with Crippen LogP contribution in [0.5, 0.6) is 5.75 Å². The maximum atomic E-state index is 15.5. The number of thiophene rings is 2. The van der Waals surface area contributed by atoms with Crippen LogP contribution in [0.1, 0.15) is 71.1 Å². The molecule has 0 aliphatic carbocycles. The molecular formula is C34H36F2OS2. The van der Waals surface area contributed by atoms with E-state index in [0.717, 1.165) is 32.7 Å². The largest absolute Gasteiger partial charge is 0.494 e. The van der Waals surface area contributed by atoms with Crippen LogP contribution in [0, 0.1) is 11.6 Å². The summed E-state index contributed by atoms with van der Waals surface area (Å²) in [5, 5.41) is 1.10. The van der Waals surface area contributed by atoms with E-state index in [9.17, 15) is 0 Å². The molecule has 0 unspecified atom stereocenters. The monoisotopic (exact) mass is 562 g/mol. The Labute approximate surface area is 238 Å². The molecule has 0 saturated heterocycles. The Kier molecular flexibility index (Phi) is 9.65. The van der Waals surface area contributed by atoms with Gasteiger partial charge in [0.1, 0.15) is 17.4 Å². The maximum absolute atomic E-state index is 15.5. The molecule has 0 N–H and O–H groups in total. The SMILES string of the molecule is CCCCCCCCCCCCOc1ccc(-c2sc3cc4c(F)c(-c5ccccc5)sc4cc3c2F)cc1. The van der Waals surface area contributed by atoms with Gasteiger partial charge in [-0.1, -0.05) is 95.0 Å². The molecule has 0 fully saturated rings. The van der Waals surface area contributed by atoms with Crippen LogP contribution in [0.15, 0.2) is 66.7 Å². The third-order valence-electron chi connectivity index (χ3n) is 7.30. The summed E-state index contributed by atoms with van der Waals surface area (Å²) in [5.41, 5.74) is 1.66. The Morgan fingerprint density at radius 1 is 0.590 bits per heavy atom. The highest BCUT2D eigenvalue weighted by molar-refractivity contribution is 7.24. The molecule has 204 valence electrons. The molecule has 5 rings (SSSR count). The van der Waals surface area contributed by atoms with E-state index in [1.165, 1.54) is 80.5 Å². The highest BCUT2D eigenvalue weighted by Crippen LogP contribution is 2.44. The topological polar surface area (TPSA) is 9.23 Å². The van der Waals surface area contributed by atoms with Crippen molar-refractivity contribution in [2.45, 2.75) is 71.1 Å². The second-order valence-corrected chi connectivity index (χ2v) is 12.4. The lowest BCUT2D eigenvalue weighted by Crippen LogP contribution is -1.97. The lowest BCUT2D eigenvalue weighted by Gasteiger charge is -2.07. The molecule has 0 aliphatic rings. The van der Waals surface area contributed by atoms with Crippen LogP contribution in [0.2, 0.25) is 0 Å². The van der Waals surface area contributed by atoms with Crippen LogP contribution < -0.4 is 4.74 Å². The van der Waals surface area contributed by atoms with Gasteiger partial charge in [-0.2, -0.15) is 0 Å². The van der Waals surface area contributed by atoms with Gasteiger partial charge in [-0.3, -0.25) is 0 Å². The first-order chi connectivity index (χ1) is 19.2. The molecule has 5 aromatic rings. The number of rotatable bonds is 14. The van der Waals surface area contributed by atoms with Crippen LogP contribution in [-0.2, 0) is 0 Å². The molecule has 0 bridgehead atoms. The summed E-state index contributed by atoms with van der Waals surface area (Å²) in [4.78, 5) is 1.17. The molecular weight excluding hydrogens is 527 g/mol. The highest BCUT2D eigenvalue weighted by atomic mass is 32.1. The minimum Gasteiger partial charge on any atom is -0.494 e. The first kappa shape index (κ1) is 27.8. The van der Waals surface area contributed by atoms with Crippen LogP contribution in [0.25, 0.3) is 41.1 Å². The van der Waals surface area contributed by atoms with Gasteiger partial charge in [0.15, 0.2) is 0 Å². The number of benzene rings is 3. The van der Waals surface area contributed by atoms with Gasteiger partial charge in [-0.05, 0) is 53.9 Å². The molecule has 5 heteroatoms. The Bertz CT molecular complexity index is 1490. The van der Waals surface area contributed by atoms with Crippen LogP contribution in [0.4, 0.5) is 8.78 Å². The van der Waals surface area contributed by atoms with Gasteiger partial charge in [0.05, 0.1) is 16.4 Å². The van der Waals surface area contributed by atoms with Gasteiger partial charge in [-0.15, -0.1) is 22.7 Å². The number of halogens is 2. The zero-order chi connectivity index (χ0) is 27.0. The summed E-state index contributed by atoms with van der Waals surface area (Å²) >= 11 is 2.74. The summed E-state index contributed by atoms with van der Waals surface area (Å²) in [6.45, 7) is 2.97. The van der Waals surface area contributed by atoms with Crippen molar-refractivity contribution >= 4 is 42.8 Å². The summed E-state index contributed by atoms with van der Waals surface area (Å²) in [6, 6.07) is 20.8. The quantitative estimate of drug-likeness (QED) is 0.122. The minimum absolute atomic E-state index is 0.234. The maximum Gasteiger partial charge on any atom is 0.149 e. The van der Waals surface area contributed by atoms with E-state index in [4.69, 9.17) is 4.74 Å². The smallest absolute Gasteiger partial charge is 0.149 e. The van der Waals surface area contributed by atoms with Crippen molar-refractivity contribution in [1.29, 1.82) is 0 Å². The Morgan fingerprint density at radius 2 is 1.08 bits per heavy atom. The zero-order valence-electron chi connectivity index (χ0n) is 22.6. The number of fused-ring (bicyclic) bond motifs is 2. The van der Waals surface area contributed by atoms with Crippen molar-refractivity contribution in [3.05, 3.63) is 78.4 Å². The van der Waals surface area contributed by atoms with E-state index in [2.05, 4.69) is 6.92 Å². The van der Waals surface area contributed by atoms with Crippen molar-refractivity contribution in [1.82, 2.24) is 0 Å². The highest BCUT2D eigenvalue weighted by Gasteiger charge is 2.19. The van der Waals surface area contributed by atoms with Gasteiger partial charge in [0, 0.05) is 20.2 Å². The predicted octanol–water partition coefficient (Wildman–Crippen LogP) is 12.0. The molecule has 2 aromatic heterocycles. The second kappa shape index (κ2) is 13.5. The molecule has 1 nitrogen and oxygen atoms in total. The number of unbranched alkanes of at least 4 members (excludes halogenated alkanes) is 9. The Hall–Kier alpha value is -2.76. The summed E-state index contributed by atoms with van der Waals surface area (Å²) in [6.07, 6.45) is 13.0. The van der Waals surface area contributed by atoms with E-state index < -0.39 is 0 Å². The first-order valence-corrected chi connectivity index (χ1v) is 15.9. The molecule has 3 aromatic carbocycles. The van der Waals surface area contributed by atoms with Gasteiger partial charge in [0.25, 0.3) is 0 Å². The lowest BCUT2D eigenvalue weighted by molar-refractivity contribution is 0.304. The zero-order valence-corrected chi connectivity index (χ0v) is 24.2. The third-order valence-corrected chi connectivity index (χ3v) is 9.65. The minimum atomic E-state index is -0.244. The van der Waals surface area contributed by atoms with Crippen molar-refractivity contribution in [3.8, 4) is 26.6 Å². The molecule has 0 amide bonds. The molecule has 2 heterocycles. The fraction of sp³-hybridized carbons (Fsp3) is 0.353. The van der Waals surface area contributed by atoms with Crippen molar-refractivity contribution in [2.24, 2.45) is 0 Å². The Morgan fingerprint density at radius 3 is 1.62 bits per heavy atom. The fourth-order valence-electron chi connectivity index (χ4n) is 5.07. The average molecular weight is 563 g/mol. The van der Waals surface area contributed by atoms with E-state index in [0.29, 0.717) is 27.1 Å². The van der Waals surface area contributed by atoms with Crippen LogP contribution in [-0.4, -0.2) is 6.61 Å². The van der Waals surface area contributed by atoms with E-state index in [1.807, 2.05) is 54.6 Å². The number of hydrogen-bond donors (Lipinski definition) is 0. The lowest BCUT2D eigenvalue weighted by atomic mass is 10.1. The number of ether oxygens (including phenoxy) is 1. The van der Waals surface area contributed by atoms with E-state index >= 15 is 8.78 Å². The molecule has 0 spiro atoms. The van der Waals surface area contributed by atoms with Crippen molar-refractivity contribution in [3.63, 3.8) is 0 Å². The molecule has 39 heavy (non-hydrogen) atoms. The summed E-state index contributed by atoms with van der Waals surface area (Å²) in [5.74, 6) is 0.334. The molecule has 0 radical (unpaired) electrons. The van der Waals surface area contributed by atoms with E-state index in [1.54, 1.807) is 12.1 Å². The summed E-state index contributed by atoms with van der Waals surface area (Å²) < 4.78 is 38.2. The number of hydrogen-bond acceptors (Lipinski definition) is 3. The van der Waals surface area contributed by atoms with Crippen molar-refractivity contribution < 1.29 is 13.5 Å². The van der Waals surface area contributed by atoms with Crippen LogP contribution in [0.3, 0.4) is 0 Å². The Balaban J connectivity index is 1.17. The predicted molar refractivity (Wildman–Crippen MR) is 165 cm³/mol. The average Bonchev–Trinajstić information content (AvgIpc) is 3.47. The van der Waals surface area contributed by atoms with Gasteiger partial charge >= 0.3 is 0 Å². The van der Waals surface area contributed by atoms with E-state index in [-0.39, 0.29) is 11.6 Å². The molecule has 0 aliphatic heterocycles. The standard InChI is InChI=1S/C34H36F2OS2/c1-2-3-4-5-6-7-8-9-10-14-21-37-26-19-17-25(18-20-26)34-32(36)28-23-29-27(22-30(28)39-34)31(35)33(38-29)24-15-12-11-13-16-24/h11-13,15-20,22-23H,2-10,14,21H2,1H3. The molecule has 0 atom stereocenters. The normalized spacial score (nSPS) is 11.6. The second-order valence-electron chi connectivity index (χ2n) is 10.3. The van der Waals surface area contributed by atoms with Gasteiger partial charge < -0.3 is 4.74 Å². The van der Waals surface area contributed by atoms with Gasteiger partial charge in [-0.25, -0.2) is 8.78 Å². The third kappa shape index (κ3) is 6.70. The summed E-state index contributed by atoms with van der Waals surface area (Å²) in [7, 11) is 0. The molecule has 0 saturated carbocycles. The van der Waals surface area contributed by atoms with Crippen LogP contribution >= 0.6 is 22.7 Å². The first-order valence-electron chi connectivity index (χ1n) is 14.3. The fourth-order valence-corrected chi connectivity index (χ4v) is 7.29. The van der Waals surface area contributed by atoms with Crippen molar-refractivity contribution in [2.75, 3.05) is 6.61 Å².